The highest BCUT2D eigenvalue weighted by Gasteiger charge is 2.28. The van der Waals surface area contributed by atoms with E-state index in [2.05, 4.69) is 15.1 Å². The minimum atomic E-state index is -0.131. The van der Waals surface area contributed by atoms with Crippen molar-refractivity contribution in [3.63, 3.8) is 0 Å². The Morgan fingerprint density at radius 2 is 1.93 bits per heavy atom. The van der Waals surface area contributed by atoms with Crippen LogP contribution in [-0.2, 0) is 0 Å². The maximum Gasteiger partial charge on any atom is 0.292 e. The zero-order valence-corrected chi connectivity index (χ0v) is 16.4. The van der Waals surface area contributed by atoms with Crippen molar-refractivity contribution < 1.29 is 18.8 Å². The number of ether oxygens (including phenoxy) is 2. The molecular formula is C21H22N4O4. The van der Waals surface area contributed by atoms with Crippen LogP contribution in [0.4, 0.5) is 0 Å². The van der Waals surface area contributed by atoms with Crippen LogP contribution in [0, 0.1) is 6.92 Å². The topological polar surface area (TPSA) is 90.6 Å². The number of likely N-dealkylation sites (tertiary alicyclic amines) is 1. The second kappa shape index (κ2) is 8.30. The zero-order chi connectivity index (χ0) is 20.2. The molecule has 0 atom stereocenters. The second-order valence-corrected chi connectivity index (χ2v) is 6.93. The summed E-state index contributed by atoms with van der Waals surface area (Å²) >= 11 is 0. The summed E-state index contributed by atoms with van der Waals surface area (Å²) in [4.78, 5) is 23.4. The van der Waals surface area contributed by atoms with Crippen molar-refractivity contribution in [2.45, 2.75) is 25.7 Å². The first-order valence-corrected chi connectivity index (χ1v) is 9.50. The van der Waals surface area contributed by atoms with E-state index in [1.807, 2.05) is 37.3 Å². The summed E-state index contributed by atoms with van der Waals surface area (Å²) in [7, 11) is 1.62. The van der Waals surface area contributed by atoms with Gasteiger partial charge in [0, 0.05) is 42.9 Å². The van der Waals surface area contributed by atoms with Gasteiger partial charge in [-0.25, -0.2) is 4.98 Å². The van der Waals surface area contributed by atoms with Gasteiger partial charge >= 0.3 is 0 Å². The van der Waals surface area contributed by atoms with Gasteiger partial charge in [0.1, 0.15) is 17.3 Å². The van der Waals surface area contributed by atoms with Crippen molar-refractivity contribution in [2.24, 2.45) is 0 Å². The van der Waals surface area contributed by atoms with Crippen LogP contribution in [0.15, 0.2) is 47.1 Å². The van der Waals surface area contributed by atoms with Crippen LogP contribution < -0.4 is 9.47 Å². The number of aromatic nitrogens is 3. The monoisotopic (exact) mass is 394 g/mol. The standard InChI is InChI=1S/C21H22N4O4/c1-14-12-19(28-17-5-3-4-16(13-17)27-2)24-20(23-14)15-7-10-25(11-8-15)21(26)18-6-9-22-29-18/h3-6,9,12-13,15H,7-8,10-11H2,1-2H3. The molecule has 1 amide bonds. The van der Waals surface area contributed by atoms with Gasteiger partial charge in [-0.15, -0.1) is 0 Å². The van der Waals surface area contributed by atoms with Gasteiger partial charge in [-0.1, -0.05) is 11.2 Å². The lowest BCUT2D eigenvalue weighted by atomic mass is 9.95. The third kappa shape index (κ3) is 4.37. The van der Waals surface area contributed by atoms with E-state index in [9.17, 15) is 4.79 Å². The summed E-state index contributed by atoms with van der Waals surface area (Å²) in [6.45, 7) is 3.16. The van der Waals surface area contributed by atoms with E-state index in [4.69, 9.17) is 14.0 Å². The summed E-state index contributed by atoms with van der Waals surface area (Å²) in [5.74, 6) is 2.92. The highest BCUT2D eigenvalue weighted by molar-refractivity contribution is 5.91. The number of hydrogen-bond donors (Lipinski definition) is 0. The first kappa shape index (κ1) is 18.9. The van der Waals surface area contributed by atoms with Crippen LogP contribution in [0.1, 0.15) is 40.8 Å². The molecule has 8 heteroatoms. The van der Waals surface area contributed by atoms with Crippen LogP contribution in [-0.4, -0.2) is 46.1 Å². The molecule has 3 heterocycles. The molecule has 0 unspecified atom stereocenters. The molecule has 3 aromatic rings. The largest absolute Gasteiger partial charge is 0.497 e. The van der Waals surface area contributed by atoms with Crippen LogP contribution in [0.5, 0.6) is 17.4 Å². The van der Waals surface area contributed by atoms with E-state index in [1.54, 1.807) is 18.1 Å². The number of methoxy groups -OCH3 is 1. The molecule has 0 bridgehead atoms. The highest BCUT2D eigenvalue weighted by atomic mass is 16.5. The van der Waals surface area contributed by atoms with Gasteiger partial charge in [-0.2, -0.15) is 4.98 Å². The number of hydrogen-bond acceptors (Lipinski definition) is 7. The van der Waals surface area contributed by atoms with Gasteiger partial charge in [-0.3, -0.25) is 4.79 Å². The predicted molar refractivity (Wildman–Crippen MR) is 104 cm³/mol. The van der Waals surface area contributed by atoms with Crippen molar-refractivity contribution in [1.82, 2.24) is 20.0 Å². The number of benzene rings is 1. The maximum absolute atomic E-state index is 12.4. The Balaban J connectivity index is 1.44. The fourth-order valence-corrected chi connectivity index (χ4v) is 3.40. The van der Waals surface area contributed by atoms with Crippen molar-refractivity contribution in [3.05, 3.63) is 59.9 Å². The molecule has 150 valence electrons. The van der Waals surface area contributed by atoms with Gasteiger partial charge in [0.2, 0.25) is 11.6 Å². The SMILES string of the molecule is COc1cccc(Oc2cc(C)nc(C3CCN(C(=O)c4ccno4)CC3)n2)c1. The normalized spacial score (nSPS) is 14.6. The molecule has 4 rings (SSSR count). The maximum atomic E-state index is 12.4. The average molecular weight is 394 g/mol. The Hall–Kier alpha value is -3.42. The van der Waals surface area contributed by atoms with Gasteiger partial charge in [0.25, 0.3) is 5.91 Å². The minimum absolute atomic E-state index is 0.131. The molecule has 0 aliphatic carbocycles. The highest BCUT2D eigenvalue weighted by Crippen LogP contribution is 2.29. The molecule has 0 N–H and O–H groups in total. The molecule has 8 nitrogen and oxygen atoms in total. The fourth-order valence-electron chi connectivity index (χ4n) is 3.40. The zero-order valence-electron chi connectivity index (χ0n) is 16.4. The van der Waals surface area contributed by atoms with Crippen molar-refractivity contribution >= 4 is 5.91 Å². The summed E-state index contributed by atoms with van der Waals surface area (Å²) in [6, 6.07) is 10.8. The summed E-state index contributed by atoms with van der Waals surface area (Å²) < 4.78 is 16.1. The number of carbonyl (C=O) groups excluding carboxylic acids is 1. The third-order valence-electron chi connectivity index (χ3n) is 4.91. The smallest absolute Gasteiger partial charge is 0.292 e. The number of nitrogens with zero attached hydrogens (tertiary/aromatic N) is 4. The van der Waals surface area contributed by atoms with Crippen molar-refractivity contribution in [2.75, 3.05) is 20.2 Å². The summed E-state index contributed by atoms with van der Waals surface area (Å²) in [6.07, 6.45) is 3.04. The first-order valence-electron chi connectivity index (χ1n) is 9.50. The molecule has 0 saturated carbocycles. The number of piperidine rings is 1. The predicted octanol–water partition coefficient (Wildman–Crippen LogP) is 3.59. The molecule has 1 fully saturated rings. The van der Waals surface area contributed by atoms with Gasteiger partial charge < -0.3 is 18.9 Å². The second-order valence-electron chi connectivity index (χ2n) is 6.93. The Labute approximate surface area is 168 Å². The Morgan fingerprint density at radius 1 is 1.14 bits per heavy atom. The number of aryl methyl sites for hydroxylation is 1. The Bertz CT molecular complexity index is 982. The average Bonchev–Trinajstić information content (AvgIpc) is 3.28. The van der Waals surface area contributed by atoms with Crippen molar-refractivity contribution in [3.8, 4) is 17.4 Å². The van der Waals surface area contributed by atoms with E-state index in [0.717, 1.165) is 30.1 Å². The lowest BCUT2D eigenvalue weighted by Gasteiger charge is -2.30. The Kier molecular flexibility index (Phi) is 5.41. The molecule has 1 aromatic carbocycles. The first-order chi connectivity index (χ1) is 14.1. The number of amides is 1. The molecule has 0 spiro atoms. The summed E-state index contributed by atoms with van der Waals surface area (Å²) in [5.41, 5.74) is 0.841. The van der Waals surface area contributed by atoms with Crippen LogP contribution in [0.3, 0.4) is 0 Å². The van der Waals surface area contributed by atoms with Gasteiger partial charge in [0.15, 0.2) is 0 Å². The molecule has 2 aromatic heterocycles. The van der Waals surface area contributed by atoms with Crippen LogP contribution in [0.2, 0.25) is 0 Å². The molecule has 0 radical (unpaired) electrons. The van der Waals surface area contributed by atoms with E-state index < -0.39 is 0 Å². The molecular weight excluding hydrogens is 372 g/mol. The quantitative estimate of drug-likeness (QED) is 0.653. The fraction of sp³-hybridized carbons (Fsp3) is 0.333. The number of carbonyl (C=O) groups is 1. The van der Waals surface area contributed by atoms with Crippen molar-refractivity contribution in [1.29, 1.82) is 0 Å². The van der Waals surface area contributed by atoms with E-state index in [-0.39, 0.29) is 17.6 Å². The van der Waals surface area contributed by atoms with E-state index >= 15 is 0 Å². The molecule has 29 heavy (non-hydrogen) atoms. The lowest BCUT2D eigenvalue weighted by Crippen LogP contribution is -2.38. The van der Waals surface area contributed by atoms with Crippen LogP contribution >= 0.6 is 0 Å². The Morgan fingerprint density at radius 3 is 2.66 bits per heavy atom. The lowest BCUT2D eigenvalue weighted by molar-refractivity contribution is 0.0669. The van der Waals surface area contributed by atoms with Crippen LogP contribution in [0.25, 0.3) is 0 Å². The molecule has 1 aliphatic heterocycles. The molecule has 1 saturated heterocycles. The van der Waals surface area contributed by atoms with Gasteiger partial charge in [0.05, 0.1) is 13.3 Å². The van der Waals surface area contributed by atoms with E-state index in [1.165, 1.54) is 6.20 Å². The van der Waals surface area contributed by atoms with Gasteiger partial charge in [-0.05, 0) is 31.9 Å². The minimum Gasteiger partial charge on any atom is -0.497 e. The third-order valence-corrected chi connectivity index (χ3v) is 4.91. The molecule has 1 aliphatic rings. The summed E-state index contributed by atoms with van der Waals surface area (Å²) in [5, 5.41) is 3.60. The van der Waals surface area contributed by atoms with E-state index in [0.29, 0.717) is 24.7 Å². The number of rotatable bonds is 5.